The number of rotatable bonds is 3. The summed E-state index contributed by atoms with van der Waals surface area (Å²) in [5.41, 5.74) is -0.00206. The van der Waals surface area contributed by atoms with Crippen LogP contribution in [0.15, 0.2) is 24.3 Å². The van der Waals surface area contributed by atoms with Crippen LogP contribution in [0.1, 0.15) is 17.5 Å². The Labute approximate surface area is 118 Å². The Morgan fingerprint density at radius 1 is 1.40 bits per heavy atom. The van der Waals surface area contributed by atoms with Crippen LogP contribution in [0, 0.1) is 12.3 Å². The second kappa shape index (κ2) is 5.18. The van der Waals surface area contributed by atoms with E-state index in [0.29, 0.717) is 0 Å². The lowest BCUT2D eigenvalue weighted by Crippen LogP contribution is -2.53. The number of benzene rings is 1. The Bertz CT molecular complexity index is 622. The first kappa shape index (κ1) is 15.0. The van der Waals surface area contributed by atoms with Crippen LogP contribution in [0.5, 0.6) is 0 Å². The van der Waals surface area contributed by atoms with Gasteiger partial charge in [0.05, 0.1) is 17.6 Å². The molecule has 0 aromatic heterocycles. The van der Waals surface area contributed by atoms with Crippen molar-refractivity contribution in [2.45, 2.75) is 25.9 Å². The van der Waals surface area contributed by atoms with Crippen LogP contribution in [0.4, 0.5) is 0 Å². The topological polar surface area (TPSA) is 91.7 Å². The molecule has 0 amide bonds. The van der Waals surface area contributed by atoms with Crippen molar-refractivity contribution >= 4 is 15.8 Å². The maximum absolute atomic E-state index is 11.8. The van der Waals surface area contributed by atoms with Gasteiger partial charge in [0.2, 0.25) is 0 Å². The molecule has 1 fully saturated rings. The van der Waals surface area contributed by atoms with Crippen molar-refractivity contribution in [2.75, 3.05) is 11.5 Å². The van der Waals surface area contributed by atoms with Gasteiger partial charge in [0.25, 0.3) is 0 Å². The number of carboxylic acid groups (broad SMARTS) is 1. The number of hydrogen-bond donors (Lipinski definition) is 2. The summed E-state index contributed by atoms with van der Waals surface area (Å²) >= 11 is 0. The molecule has 1 heterocycles. The summed E-state index contributed by atoms with van der Waals surface area (Å²) in [5.74, 6) is -1.92. The number of aliphatic hydroxyl groups is 1. The van der Waals surface area contributed by atoms with Gasteiger partial charge in [0.1, 0.15) is 5.41 Å². The van der Waals surface area contributed by atoms with Crippen LogP contribution in [0.25, 0.3) is 0 Å². The highest BCUT2D eigenvalue weighted by molar-refractivity contribution is 7.91. The number of aliphatic hydroxyl groups excluding tert-OH is 1. The summed E-state index contributed by atoms with van der Waals surface area (Å²) in [4.78, 5) is 11.7. The van der Waals surface area contributed by atoms with Crippen molar-refractivity contribution < 1.29 is 23.4 Å². The van der Waals surface area contributed by atoms with Gasteiger partial charge < -0.3 is 10.2 Å². The fourth-order valence-electron chi connectivity index (χ4n) is 2.73. The van der Waals surface area contributed by atoms with Crippen molar-refractivity contribution in [3.8, 4) is 0 Å². The Morgan fingerprint density at radius 3 is 2.65 bits per heavy atom. The normalized spacial score (nSPS) is 29.0. The van der Waals surface area contributed by atoms with Crippen molar-refractivity contribution in [3.05, 3.63) is 35.4 Å². The standard InChI is InChI=1S/C14H18O5S/c1-10-4-2-3-5-11(10)8-14(13(16)17)9-20(18,19)7-6-12(14)15/h2-5,12,15H,6-9H2,1H3,(H,16,17). The molecule has 5 nitrogen and oxygen atoms in total. The van der Waals surface area contributed by atoms with Crippen LogP contribution in [0.2, 0.25) is 0 Å². The maximum Gasteiger partial charge on any atom is 0.313 e. The van der Waals surface area contributed by atoms with Crippen molar-refractivity contribution in [1.82, 2.24) is 0 Å². The van der Waals surface area contributed by atoms with E-state index in [4.69, 9.17) is 0 Å². The third kappa shape index (κ3) is 2.71. The lowest BCUT2D eigenvalue weighted by atomic mass is 9.76. The monoisotopic (exact) mass is 298 g/mol. The highest BCUT2D eigenvalue weighted by Crippen LogP contribution is 2.36. The van der Waals surface area contributed by atoms with Gasteiger partial charge in [-0.25, -0.2) is 8.42 Å². The molecule has 2 atom stereocenters. The van der Waals surface area contributed by atoms with Crippen molar-refractivity contribution in [2.24, 2.45) is 5.41 Å². The maximum atomic E-state index is 11.8. The first-order valence-electron chi connectivity index (χ1n) is 6.43. The van der Waals surface area contributed by atoms with Gasteiger partial charge in [-0.3, -0.25) is 4.79 Å². The minimum absolute atomic E-state index is 0.0232. The van der Waals surface area contributed by atoms with Crippen molar-refractivity contribution in [1.29, 1.82) is 0 Å². The van der Waals surface area contributed by atoms with E-state index in [1.807, 2.05) is 19.1 Å². The van der Waals surface area contributed by atoms with Gasteiger partial charge >= 0.3 is 5.97 Å². The molecule has 1 saturated heterocycles. The molecule has 2 unspecified atom stereocenters. The fraction of sp³-hybridized carbons (Fsp3) is 0.500. The molecule has 1 aromatic rings. The van der Waals surface area contributed by atoms with Gasteiger partial charge in [0, 0.05) is 0 Å². The van der Waals surface area contributed by atoms with E-state index in [2.05, 4.69) is 0 Å². The van der Waals surface area contributed by atoms with Gasteiger partial charge in [-0.2, -0.15) is 0 Å². The predicted octanol–water partition coefficient (Wildman–Crippen LogP) is 0.788. The predicted molar refractivity (Wildman–Crippen MR) is 74.2 cm³/mol. The average molecular weight is 298 g/mol. The van der Waals surface area contributed by atoms with E-state index in [-0.39, 0.29) is 18.6 Å². The first-order chi connectivity index (χ1) is 9.27. The van der Waals surface area contributed by atoms with E-state index in [0.717, 1.165) is 11.1 Å². The summed E-state index contributed by atoms with van der Waals surface area (Å²) in [7, 11) is -3.44. The highest BCUT2D eigenvalue weighted by Gasteiger charge is 2.51. The molecule has 2 N–H and O–H groups in total. The van der Waals surface area contributed by atoms with Gasteiger partial charge in [-0.15, -0.1) is 0 Å². The quantitative estimate of drug-likeness (QED) is 0.860. The average Bonchev–Trinajstić information content (AvgIpc) is 2.36. The van der Waals surface area contributed by atoms with Crippen LogP contribution in [-0.4, -0.2) is 42.2 Å². The molecule has 1 aliphatic heterocycles. The number of carbonyl (C=O) groups is 1. The molecule has 1 aliphatic rings. The Morgan fingerprint density at radius 2 is 2.05 bits per heavy atom. The minimum Gasteiger partial charge on any atom is -0.481 e. The number of sulfone groups is 1. The van der Waals surface area contributed by atoms with E-state index in [9.17, 15) is 23.4 Å². The van der Waals surface area contributed by atoms with Crippen LogP contribution in [0.3, 0.4) is 0 Å². The Kier molecular flexibility index (Phi) is 3.88. The number of aryl methyl sites for hydroxylation is 1. The van der Waals surface area contributed by atoms with Gasteiger partial charge in [0.15, 0.2) is 9.84 Å². The smallest absolute Gasteiger partial charge is 0.313 e. The number of hydrogen-bond acceptors (Lipinski definition) is 4. The fourth-order valence-corrected chi connectivity index (χ4v) is 4.65. The molecule has 110 valence electrons. The molecular formula is C14H18O5S. The van der Waals surface area contributed by atoms with E-state index >= 15 is 0 Å². The first-order valence-corrected chi connectivity index (χ1v) is 8.25. The Hall–Kier alpha value is -1.40. The molecule has 0 radical (unpaired) electrons. The number of carboxylic acids is 1. The van der Waals surface area contributed by atoms with E-state index in [1.165, 1.54) is 0 Å². The van der Waals surface area contributed by atoms with E-state index in [1.54, 1.807) is 12.1 Å². The SMILES string of the molecule is Cc1ccccc1CC1(C(=O)O)CS(=O)(=O)CCC1O. The molecule has 0 spiro atoms. The zero-order chi connectivity index (χ0) is 15.0. The van der Waals surface area contributed by atoms with E-state index < -0.39 is 33.1 Å². The summed E-state index contributed by atoms with van der Waals surface area (Å²) in [6, 6.07) is 7.23. The summed E-state index contributed by atoms with van der Waals surface area (Å²) in [6.07, 6.45) is -1.15. The molecule has 6 heteroatoms. The summed E-state index contributed by atoms with van der Waals surface area (Å²) in [6.45, 7) is 1.84. The minimum atomic E-state index is -3.44. The van der Waals surface area contributed by atoms with Crippen LogP contribution < -0.4 is 0 Å². The third-order valence-electron chi connectivity index (χ3n) is 4.01. The second-order valence-electron chi connectivity index (χ2n) is 5.46. The summed E-state index contributed by atoms with van der Waals surface area (Å²) in [5, 5.41) is 19.6. The van der Waals surface area contributed by atoms with Gasteiger partial charge in [-0.05, 0) is 30.9 Å². The zero-order valence-corrected chi connectivity index (χ0v) is 12.1. The lowest BCUT2D eigenvalue weighted by molar-refractivity contribution is -0.155. The second-order valence-corrected chi connectivity index (χ2v) is 7.65. The molecule has 20 heavy (non-hydrogen) atoms. The zero-order valence-electron chi connectivity index (χ0n) is 11.2. The summed E-state index contributed by atoms with van der Waals surface area (Å²) < 4.78 is 23.6. The molecule has 0 aliphatic carbocycles. The number of aliphatic carboxylic acids is 1. The third-order valence-corrected chi connectivity index (χ3v) is 5.82. The molecule has 0 bridgehead atoms. The molecule has 1 aromatic carbocycles. The molecule has 2 rings (SSSR count). The molecule has 0 saturated carbocycles. The Balaban J connectivity index is 2.44. The van der Waals surface area contributed by atoms with Crippen LogP contribution >= 0.6 is 0 Å². The highest BCUT2D eigenvalue weighted by atomic mass is 32.2. The van der Waals surface area contributed by atoms with Crippen LogP contribution in [-0.2, 0) is 21.1 Å². The largest absolute Gasteiger partial charge is 0.481 e. The molecular weight excluding hydrogens is 280 g/mol. The lowest BCUT2D eigenvalue weighted by Gasteiger charge is -2.37. The van der Waals surface area contributed by atoms with Crippen molar-refractivity contribution in [3.63, 3.8) is 0 Å². The van der Waals surface area contributed by atoms with Gasteiger partial charge in [-0.1, -0.05) is 24.3 Å².